The highest BCUT2D eigenvalue weighted by Crippen LogP contribution is 2.35. The topological polar surface area (TPSA) is 9.23 Å². The minimum Gasteiger partial charge on any atom is -0.493 e. The van der Waals surface area contributed by atoms with E-state index in [0.717, 1.165) is 24.3 Å². The molecular formula is C15H12ClIO. The third kappa shape index (κ3) is 2.24. The van der Waals surface area contributed by atoms with Crippen molar-refractivity contribution in [3.05, 3.63) is 62.7 Å². The van der Waals surface area contributed by atoms with E-state index in [1.165, 1.54) is 14.7 Å². The van der Waals surface area contributed by atoms with E-state index in [0.29, 0.717) is 0 Å². The van der Waals surface area contributed by atoms with Crippen LogP contribution in [0.15, 0.2) is 42.5 Å². The van der Waals surface area contributed by atoms with Crippen molar-refractivity contribution in [3.63, 3.8) is 0 Å². The van der Waals surface area contributed by atoms with E-state index >= 15 is 0 Å². The number of ether oxygens (including phenoxy) is 1. The molecule has 0 radical (unpaired) electrons. The van der Waals surface area contributed by atoms with Gasteiger partial charge in [-0.1, -0.05) is 30.3 Å². The van der Waals surface area contributed by atoms with Gasteiger partial charge in [0.2, 0.25) is 0 Å². The molecule has 18 heavy (non-hydrogen) atoms. The maximum Gasteiger partial charge on any atom is 0.122 e. The number of benzene rings is 2. The Morgan fingerprint density at radius 3 is 2.83 bits per heavy atom. The van der Waals surface area contributed by atoms with Crippen molar-refractivity contribution in [1.29, 1.82) is 0 Å². The Bertz CT molecular complexity index is 582. The second kappa shape index (κ2) is 5.10. The van der Waals surface area contributed by atoms with Crippen LogP contribution in [-0.2, 0) is 6.42 Å². The summed E-state index contributed by atoms with van der Waals surface area (Å²) >= 11 is 8.92. The van der Waals surface area contributed by atoms with Gasteiger partial charge < -0.3 is 4.74 Å². The second-order valence-corrected chi connectivity index (χ2v) is 5.95. The lowest BCUT2D eigenvalue weighted by Crippen LogP contribution is -1.96. The first-order chi connectivity index (χ1) is 8.75. The van der Waals surface area contributed by atoms with Crippen LogP contribution in [0.2, 0.25) is 0 Å². The summed E-state index contributed by atoms with van der Waals surface area (Å²) in [7, 11) is 0. The molecule has 0 spiro atoms. The molecule has 0 aliphatic carbocycles. The Labute approximate surface area is 125 Å². The van der Waals surface area contributed by atoms with Crippen LogP contribution in [0.25, 0.3) is 0 Å². The Morgan fingerprint density at radius 1 is 1.17 bits per heavy atom. The number of hydrogen-bond donors (Lipinski definition) is 0. The largest absolute Gasteiger partial charge is 0.493 e. The Kier molecular flexibility index (Phi) is 3.48. The van der Waals surface area contributed by atoms with E-state index in [-0.39, 0.29) is 5.38 Å². The zero-order valence-corrected chi connectivity index (χ0v) is 12.6. The fourth-order valence-corrected chi connectivity index (χ4v) is 3.43. The number of halogens is 2. The van der Waals surface area contributed by atoms with Gasteiger partial charge >= 0.3 is 0 Å². The number of fused-ring (bicyclic) bond motifs is 1. The van der Waals surface area contributed by atoms with Gasteiger partial charge in [-0.05, 0) is 51.4 Å². The minimum absolute atomic E-state index is 0.0935. The zero-order valence-electron chi connectivity index (χ0n) is 9.70. The summed E-state index contributed by atoms with van der Waals surface area (Å²) in [6.45, 7) is 0.786. The predicted molar refractivity (Wildman–Crippen MR) is 82.5 cm³/mol. The lowest BCUT2D eigenvalue weighted by atomic mass is 10.0. The van der Waals surface area contributed by atoms with E-state index in [9.17, 15) is 0 Å². The predicted octanol–water partition coefficient (Wildman–Crippen LogP) is 4.55. The summed E-state index contributed by atoms with van der Waals surface area (Å²) in [5, 5.41) is -0.0935. The van der Waals surface area contributed by atoms with Crippen LogP contribution in [0.1, 0.15) is 22.1 Å². The van der Waals surface area contributed by atoms with Crippen LogP contribution >= 0.6 is 34.2 Å². The van der Waals surface area contributed by atoms with Crippen molar-refractivity contribution in [2.24, 2.45) is 0 Å². The highest BCUT2D eigenvalue weighted by molar-refractivity contribution is 14.1. The van der Waals surface area contributed by atoms with Gasteiger partial charge in [0.05, 0.1) is 12.0 Å². The van der Waals surface area contributed by atoms with Gasteiger partial charge in [0, 0.05) is 9.99 Å². The molecule has 3 rings (SSSR count). The molecule has 0 aromatic heterocycles. The molecule has 1 aliphatic rings. The highest BCUT2D eigenvalue weighted by atomic mass is 127. The molecule has 0 N–H and O–H groups in total. The Hall–Kier alpha value is -0.740. The number of alkyl halides is 1. The van der Waals surface area contributed by atoms with Gasteiger partial charge in [0.25, 0.3) is 0 Å². The van der Waals surface area contributed by atoms with E-state index < -0.39 is 0 Å². The second-order valence-electron chi connectivity index (χ2n) is 4.35. The maximum absolute atomic E-state index is 6.59. The fraction of sp³-hybridized carbons (Fsp3) is 0.200. The lowest BCUT2D eigenvalue weighted by molar-refractivity contribution is 0.357. The maximum atomic E-state index is 6.59. The molecule has 2 aromatic rings. The Morgan fingerprint density at radius 2 is 2.00 bits per heavy atom. The molecular weight excluding hydrogens is 359 g/mol. The summed E-state index contributed by atoms with van der Waals surface area (Å²) in [5.41, 5.74) is 3.58. The van der Waals surface area contributed by atoms with Crippen LogP contribution in [0.5, 0.6) is 5.75 Å². The quantitative estimate of drug-likeness (QED) is 0.556. The van der Waals surface area contributed by atoms with Gasteiger partial charge in [-0.25, -0.2) is 0 Å². The number of rotatable bonds is 2. The molecule has 3 heteroatoms. The molecule has 2 aromatic carbocycles. The molecule has 92 valence electrons. The summed E-state index contributed by atoms with van der Waals surface area (Å²) in [6, 6.07) is 14.5. The van der Waals surface area contributed by atoms with Gasteiger partial charge in [-0.3, -0.25) is 0 Å². The molecule has 1 atom stereocenters. The summed E-state index contributed by atoms with van der Waals surface area (Å²) < 4.78 is 6.72. The van der Waals surface area contributed by atoms with Crippen molar-refractivity contribution < 1.29 is 4.74 Å². The first-order valence-electron chi connectivity index (χ1n) is 5.90. The molecule has 0 saturated carbocycles. The molecule has 1 heterocycles. The fourth-order valence-electron chi connectivity index (χ4n) is 2.22. The molecule has 1 unspecified atom stereocenters. The first-order valence-corrected chi connectivity index (χ1v) is 7.41. The van der Waals surface area contributed by atoms with Crippen molar-refractivity contribution in [3.8, 4) is 5.75 Å². The first kappa shape index (κ1) is 12.3. The van der Waals surface area contributed by atoms with Crippen molar-refractivity contribution in [1.82, 2.24) is 0 Å². The smallest absolute Gasteiger partial charge is 0.122 e. The van der Waals surface area contributed by atoms with Gasteiger partial charge in [0.15, 0.2) is 0 Å². The van der Waals surface area contributed by atoms with E-state index in [2.05, 4.69) is 46.9 Å². The summed E-state index contributed by atoms with van der Waals surface area (Å²) in [6.07, 6.45) is 0.985. The van der Waals surface area contributed by atoms with E-state index in [1.54, 1.807) is 0 Å². The molecule has 0 fully saturated rings. The summed E-state index contributed by atoms with van der Waals surface area (Å²) in [4.78, 5) is 0. The van der Waals surface area contributed by atoms with Crippen LogP contribution in [0.4, 0.5) is 0 Å². The Balaban J connectivity index is 1.98. The van der Waals surface area contributed by atoms with E-state index in [4.69, 9.17) is 16.3 Å². The van der Waals surface area contributed by atoms with Gasteiger partial charge in [0.1, 0.15) is 5.75 Å². The monoisotopic (exact) mass is 370 g/mol. The average Bonchev–Trinajstić information content (AvgIpc) is 2.85. The summed E-state index contributed by atoms with van der Waals surface area (Å²) in [5.74, 6) is 1.00. The zero-order chi connectivity index (χ0) is 12.5. The van der Waals surface area contributed by atoms with Crippen molar-refractivity contribution in [2.75, 3.05) is 6.61 Å². The standard InChI is InChI=1S/C15H12ClIO/c16-15(12-3-1-2-4-13(12)17)11-5-6-14-10(9-11)7-8-18-14/h1-6,9,15H,7-8H2. The highest BCUT2D eigenvalue weighted by Gasteiger charge is 2.17. The van der Waals surface area contributed by atoms with Gasteiger partial charge in [-0.15, -0.1) is 11.6 Å². The van der Waals surface area contributed by atoms with Crippen LogP contribution in [-0.4, -0.2) is 6.61 Å². The third-order valence-corrected chi connectivity index (χ3v) is 4.65. The third-order valence-electron chi connectivity index (χ3n) is 3.18. The van der Waals surface area contributed by atoms with Crippen LogP contribution in [0, 0.1) is 3.57 Å². The van der Waals surface area contributed by atoms with Gasteiger partial charge in [-0.2, -0.15) is 0 Å². The van der Waals surface area contributed by atoms with Crippen LogP contribution in [0.3, 0.4) is 0 Å². The average molecular weight is 371 g/mol. The van der Waals surface area contributed by atoms with Crippen molar-refractivity contribution >= 4 is 34.2 Å². The molecule has 0 amide bonds. The number of hydrogen-bond acceptors (Lipinski definition) is 1. The molecule has 0 bridgehead atoms. The van der Waals surface area contributed by atoms with Crippen molar-refractivity contribution in [2.45, 2.75) is 11.8 Å². The normalized spacial score (nSPS) is 15.0. The van der Waals surface area contributed by atoms with Crippen LogP contribution < -0.4 is 4.74 Å². The molecule has 0 saturated heterocycles. The molecule has 1 nitrogen and oxygen atoms in total. The van der Waals surface area contributed by atoms with E-state index in [1.807, 2.05) is 18.2 Å². The minimum atomic E-state index is -0.0935. The molecule has 1 aliphatic heterocycles. The lowest BCUT2D eigenvalue weighted by Gasteiger charge is -2.13. The SMILES string of the molecule is ClC(c1ccc2c(c1)CCO2)c1ccccc1I.